The Balaban J connectivity index is 1.47. The van der Waals surface area contributed by atoms with Crippen LogP contribution < -0.4 is 4.90 Å². The smallest absolute Gasteiger partial charge is 0.165 e. The van der Waals surface area contributed by atoms with Crippen LogP contribution >= 0.6 is 0 Å². The molecule has 1 fully saturated rings. The van der Waals surface area contributed by atoms with Crippen LogP contribution in [0, 0.1) is 5.82 Å². The van der Waals surface area contributed by atoms with Crippen molar-refractivity contribution in [3.8, 4) is 0 Å². The number of nitrogens with zero attached hydrogens (tertiary/aromatic N) is 6. The van der Waals surface area contributed by atoms with Crippen molar-refractivity contribution in [2.24, 2.45) is 0 Å². The molecule has 25 heavy (non-hydrogen) atoms. The van der Waals surface area contributed by atoms with Crippen LogP contribution in [0.15, 0.2) is 36.9 Å². The third kappa shape index (κ3) is 3.07. The minimum absolute atomic E-state index is 0.132. The number of hydrogen-bond donors (Lipinski definition) is 0. The van der Waals surface area contributed by atoms with Crippen LogP contribution in [0.25, 0.3) is 11.2 Å². The quantitative estimate of drug-likeness (QED) is 0.729. The van der Waals surface area contributed by atoms with Crippen molar-refractivity contribution in [1.29, 1.82) is 0 Å². The molecule has 3 heterocycles. The maximum Gasteiger partial charge on any atom is 0.165 e. The standard InChI is InChI=1S/C18H21FN6/c1-2-24-13-22-16-17(24)20-12-21-18(16)25-9-7-23(8-10-25)11-14-5-3-4-6-15(14)19/h3-6,12-13H,2,7-11H2,1H3. The molecular weight excluding hydrogens is 319 g/mol. The average Bonchev–Trinajstić information content (AvgIpc) is 3.07. The maximum atomic E-state index is 13.8. The molecule has 1 aromatic carbocycles. The van der Waals surface area contributed by atoms with E-state index in [4.69, 9.17) is 0 Å². The molecule has 4 rings (SSSR count). The van der Waals surface area contributed by atoms with Crippen LogP contribution in [-0.2, 0) is 13.1 Å². The van der Waals surface area contributed by atoms with Crippen LogP contribution in [0.1, 0.15) is 12.5 Å². The second kappa shape index (κ2) is 6.76. The Bertz CT molecular complexity index is 869. The normalized spacial score (nSPS) is 15.8. The highest BCUT2D eigenvalue weighted by atomic mass is 19.1. The SMILES string of the molecule is CCn1cnc2c(N3CCN(Cc4ccccc4F)CC3)ncnc21. The number of hydrogen-bond acceptors (Lipinski definition) is 5. The van der Waals surface area contributed by atoms with Crippen molar-refractivity contribution < 1.29 is 4.39 Å². The van der Waals surface area contributed by atoms with Gasteiger partial charge in [0, 0.05) is 44.8 Å². The van der Waals surface area contributed by atoms with Gasteiger partial charge in [-0.1, -0.05) is 18.2 Å². The topological polar surface area (TPSA) is 50.1 Å². The van der Waals surface area contributed by atoms with E-state index < -0.39 is 0 Å². The van der Waals surface area contributed by atoms with E-state index in [1.54, 1.807) is 12.4 Å². The lowest BCUT2D eigenvalue weighted by Gasteiger charge is -2.35. The number of aromatic nitrogens is 4. The minimum Gasteiger partial charge on any atom is -0.352 e. The zero-order chi connectivity index (χ0) is 17.2. The molecule has 0 saturated carbocycles. The van der Waals surface area contributed by atoms with Gasteiger partial charge in [0.25, 0.3) is 0 Å². The highest BCUT2D eigenvalue weighted by Gasteiger charge is 2.22. The highest BCUT2D eigenvalue weighted by molar-refractivity contribution is 5.83. The Morgan fingerprint density at radius 1 is 1.04 bits per heavy atom. The summed E-state index contributed by atoms with van der Waals surface area (Å²) >= 11 is 0. The molecule has 0 bridgehead atoms. The Kier molecular flexibility index (Phi) is 4.31. The van der Waals surface area contributed by atoms with E-state index in [0.29, 0.717) is 6.54 Å². The molecule has 0 radical (unpaired) electrons. The predicted octanol–water partition coefficient (Wildman–Crippen LogP) is 2.31. The van der Waals surface area contributed by atoms with E-state index in [2.05, 4.69) is 31.7 Å². The van der Waals surface area contributed by atoms with Crippen LogP contribution in [0.2, 0.25) is 0 Å². The third-order valence-corrected chi connectivity index (χ3v) is 4.75. The molecule has 0 unspecified atom stereocenters. The molecule has 2 aromatic heterocycles. The molecule has 130 valence electrons. The number of rotatable bonds is 4. The summed E-state index contributed by atoms with van der Waals surface area (Å²) in [5.74, 6) is 0.760. The summed E-state index contributed by atoms with van der Waals surface area (Å²) < 4.78 is 15.9. The first-order chi connectivity index (χ1) is 12.3. The number of halogens is 1. The van der Waals surface area contributed by atoms with Gasteiger partial charge in [-0.05, 0) is 13.0 Å². The van der Waals surface area contributed by atoms with E-state index in [-0.39, 0.29) is 5.82 Å². The third-order valence-electron chi connectivity index (χ3n) is 4.75. The van der Waals surface area contributed by atoms with Crippen LogP contribution in [0.5, 0.6) is 0 Å². The first-order valence-corrected chi connectivity index (χ1v) is 8.63. The van der Waals surface area contributed by atoms with Crippen molar-refractivity contribution in [2.45, 2.75) is 20.0 Å². The van der Waals surface area contributed by atoms with Crippen LogP contribution in [-0.4, -0.2) is 50.6 Å². The number of benzene rings is 1. The van der Waals surface area contributed by atoms with Gasteiger partial charge in [-0.25, -0.2) is 19.3 Å². The van der Waals surface area contributed by atoms with Crippen molar-refractivity contribution in [3.05, 3.63) is 48.3 Å². The van der Waals surface area contributed by atoms with Gasteiger partial charge >= 0.3 is 0 Å². The van der Waals surface area contributed by atoms with Crippen molar-refractivity contribution >= 4 is 17.0 Å². The summed E-state index contributed by atoms with van der Waals surface area (Å²) in [6, 6.07) is 6.99. The van der Waals surface area contributed by atoms with Gasteiger partial charge in [0.1, 0.15) is 12.1 Å². The van der Waals surface area contributed by atoms with E-state index in [0.717, 1.165) is 55.3 Å². The van der Waals surface area contributed by atoms with Gasteiger partial charge in [-0.3, -0.25) is 4.90 Å². The zero-order valence-corrected chi connectivity index (χ0v) is 14.3. The van der Waals surface area contributed by atoms with E-state index in [1.807, 2.05) is 23.0 Å². The number of imidazole rings is 1. The fraction of sp³-hybridized carbons (Fsp3) is 0.389. The van der Waals surface area contributed by atoms with Gasteiger partial charge in [0.15, 0.2) is 17.0 Å². The number of anilines is 1. The number of fused-ring (bicyclic) bond motifs is 1. The molecule has 7 heteroatoms. The summed E-state index contributed by atoms with van der Waals surface area (Å²) in [5, 5.41) is 0. The molecular formula is C18H21FN6. The fourth-order valence-electron chi connectivity index (χ4n) is 3.32. The lowest BCUT2D eigenvalue weighted by atomic mass is 10.2. The molecule has 3 aromatic rings. The minimum atomic E-state index is -0.132. The second-order valence-corrected chi connectivity index (χ2v) is 6.25. The Morgan fingerprint density at radius 3 is 2.60 bits per heavy atom. The monoisotopic (exact) mass is 340 g/mol. The summed E-state index contributed by atoms with van der Waals surface area (Å²) in [6.07, 6.45) is 3.43. The Labute approximate surface area is 145 Å². The molecule has 0 N–H and O–H groups in total. The molecule has 1 saturated heterocycles. The molecule has 0 aliphatic carbocycles. The van der Waals surface area contributed by atoms with E-state index in [1.165, 1.54) is 6.07 Å². The number of aryl methyl sites for hydroxylation is 1. The number of piperazine rings is 1. The zero-order valence-electron chi connectivity index (χ0n) is 14.3. The van der Waals surface area contributed by atoms with Gasteiger partial charge in [0.05, 0.1) is 6.33 Å². The molecule has 0 atom stereocenters. The van der Waals surface area contributed by atoms with Gasteiger partial charge in [-0.2, -0.15) is 0 Å². The first kappa shape index (κ1) is 16.0. The largest absolute Gasteiger partial charge is 0.352 e. The lowest BCUT2D eigenvalue weighted by molar-refractivity contribution is 0.246. The lowest BCUT2D eigenvalue weighted by Crippen LogP contribution is -2.46. The highest BCUT2D eigenvalue weighted by Crippen LogP contribution is 2.23. The molecule has 6 nitrogen and oxygen atoms in total. The van der Waals surface area contributed by atoms with E-state index >= 15 is 0 Å². The molecule has 1 aliphatic heterocycles. The van der Waals surface area contributed by atoms with Crippen molar-refractivity contribution in [3.63, 3.8) is 0 Å². The summed E-state index contributed by atoms with van der Waals surface area (Å²) in [4.78, 5) is 17.8. The fourth-order valence-corrected chi connectivity index (χ4v) is 3.32. The summed E-state index contributed by atoms with van der Waals surface area (Å²) in [5.41, 5.74) is 2.48. The van der Waals surface area contributed by atoms with Gasteiger partial charge < -0.3 is 9.47 Å². The summed E-state index contributed by atoms with van der Waals surface area (Å²) in [7, 11) is 0. The summed E-state index contributed by atoms with van der Waals surface area (Å²) in [6.45, 7) is 6.99. The van der Waals surface area contributed by atoms with Crippen LogP contribution in [0.4, 0.5) is 10.2 Å². The predicted molar refractivity (Wildman–Crippen MR) is 94.9 cm³/mol. The van der Waals surface area contributed by atoms with Gasteiger partial charge in [0.2, 0.25) is 0 Å². The first-order valence-electron chi connectivity index (χ1n) is 8.63. The molecule has 0 spiro atoms. The Morgan fingerprint density at radius 2 is 1.84 bits per heavy atom. The molecule has 1 aliphatic rings. The van der Waals surface area contributed by atoms with E-state index in [9.17, 15) is 4.39 Å². The molecule has 0 amide bonds. The maximum absolute atomic E-state index is 13.8. The van der Waals surface area contributed by atoms with Gasteiger partial charge in [-0.15, -0.1) is 0 Å². The average molecular weight is 340 g/mol. The van der Waals surface area contributed by atoms with Crippen molar-refractivity contribution in [1.82, 2.24) is 24.4 Å². The van der Waals surface area contributed by atoms with Crippen LogP contribution in [0.3, 0.4) is 0 Å². The van der Waals surface area contributed by atoms with Crippen molar-refractivity contribution in [2.75, 3.05) is 31.1 Å². The second-order valence-electron chi connectivity index (χ2n) is 6.25. The Hall–Kier alpha value is -2.54.